The van der Waals surface area contributed by atoms with E-state index in [-0.39, 0.29) is 42.3 Å². The normalized spacial score (nSPS) is 12.3. The van der Waals surface area contributed by atoms with Crippen molar-refractivity contribution in [3.8, 4) is 5.75 Å². The number of nitro groups is 1. The lowest BCUT2D eigenvalue weighted by Gasteiger charge is -2.32. The van der Waals surface area contributed by atoms with Gasteiger partial charge in [0.15, 0.2) is 0 Å². The Morgan fingerprint density at radius 1 is 0.958 bits per heavy atom. The van der Waals surface area contributed by atoms with Crippen LogP contribution in [0.1, 0.15) is 42.7 Å². The summed E-state index contributed by atoms with van der Waals surface area (Å²) in [4.78, 5) is 44.3. The molecule has 0 saturated carbocycles. The molecule has 0 radical (unpaired) electrons. The highest BCUT2D eigenvalue weighted by Crippen LogP contribution is 2.22. The van der Waals surface area contributed by atoms with E-state index in [9.17, 15) is 19.7 Å². The van der Waals surface area contributed by atoms with Crippen LogP contribution in [0.15, 0.2) is 104 Å². The molecule has 10 nitrogen and oxygen atoms in total. The van der Waals surface area contributed by atoms with Gasteiger partial charge >= 0.3 is 0 Å². The van der Waals surface area contributed by atoms with Crippen LogP contribution in [-0.4, -0.2) is 50.9 Å². The standard InChI is InChI=1S/C38H41N5O5/c1-4-27(2)36(40-37(44)21-33-22-39-26-42(33)23-29-12-16-32(17-13-29)43(46)47)25-41(38(45)20-28-14-18-34(48-3)19-15-28)24-31-10-7-9-30-8-5-6-11-35(30)31/h5-19,22,26-27,36H,4,20-21,23-25H2,1-3H3,(H,40,44)/t27-,36+/m0/s1. The Hall–Kier alpha value is -5.51. The van der Waals surface area contributed by atoms with Gasteiger partial charge in [0.2, 0.25) is 11.8 Å². The largest absolute Gasteiger partial charge is 0.497 e. The SMILES string of the molecule is CC[C@H](C)[C@@H](CN(Cc1cccc2ccccc12)C(=O)Cc1ccc(OC)cc1)NC(=O)Cc1cncn1Cc1ccc([N+](=O)[O-])cc1. The molecule has 5 rings (SSSR count). The van der Waals surface area contributed by atoms with Crippen molar-refractivity contribution in [3.63, 3.8) is 0 Å². The number of hydrogen-bond donors (Lipinski definition) is 1. The van der Waals surface area contributed by atoms with Crippen molar-refractivity contribution in [2.45, 2.75) is 52.2 Å². The number of fused-ring (bicyclic) bond motifs is 1. The predicted octanol–water partition coefficient (Wildman–Crippen LogP) is 6.35. The van der Waals surface area contributed by atoms with Crippen molar-refractivity contribution >= 4 is 28.3 Å². The molecule has 5 aromatic rings. The molecule has 1 aromatic heterocycles. The maximum atomic E-state index is 14.0. The van der Waals surface area contributed by atoms with Crippen LogP contribution in [0, 0.1) is 16.0 Å². The Balaban J connectivity index is 1.34. The molecule has 4 aromatic carbocycles. The van der Waals surface area contributed by atoms with Gasteiger partial charge in [-0.15, -0.1) is 0 Å². The second-order valence-corrected chi connectivity index (χ2v) is 12.1. The number of carbonyl (C=O) groups is 2. The average Bonchev–Trinajstić information content (AvgIpc) is 3.53. The van der Waals surface area contributed by atoms with E-state index in [4.69, 9.17) is 4.74 Å². The Kier molecular flexibility index (Phi) is 11.2. The zero-order valence-electron chi connectivity index (χ0n) is 27.5. The van der Waals surface area contributed by atoms with E-state index in [0.717, 1.165) is 45.3 Å². The average molecular weight is 648 g/mol. The van der Waals surface area contributed by atoms with E-state index in [1.165, 1.54) is 12.1 Å². The summed E-state index contributed by atoms with van der Waals surface area (Å²) >= 11 is 0. The van der Waals surface area contributed by atoms with E-state index < -0.39 is 4.92 Å². The number of hydrogen-bond acceptors (Lipinski definition) is 6. The summed E-state index contributed by atoms with van der Waals surface area (Å²) in [5.74, 6) is 0.630. The summed E-state index contributed by atoms with van der Waals surface area (Å²) in [6, 6.07) is 27.8. The van der Waals surface area contributed by atoms with Gasteiger partial charge in [0.05, 0.1) is 31.2 Å². The second kappa shape index (κ2) is 15.9. The maximum absolute atomic E-state index is 14.0. The van der Waals surface area contributed by atoms with Crippen LogP contribution in [0.3, 0.4) is 0 Å². The minimum Gasteiger partial charge on any atom is -0.497 e. The molecule has 2 atom stereocenters. The van der Waals surface area contributed by atoms with Gasteiger partial charge in [-0.1, -0.05) is 87.0 Å². The van der Waals surface area contributed by atoms with Gasteiger partial charge in [-0.3, -0.25) is 19.7 Å². The fraction of sp³-hybridized carbons (Fsp3) is 0.289. The van der Waals surface area contributed by atoms with Gasteiger partial charge in [0, 0.05) is 49.7 Å². The van der Waals surface area contributed by atoms with Crippen LogP contribution in [0.2, 0.25) is 0 Å². The molecule has 248 valence electrons. The van der Waals surface area contributed by atoms with Crippen LogP contribution < -0.4 is 10.1 Å². The highest BCUT2D eigenvalue weighted by molar-refractivity contribution is 5.86. The fourth-order valence-corrected chi connectivity index (χ4v) is 5.79. The Morgan fingerprint density at radius 2 is 1.67 bits per heavy atom. The Labute approximate surface area is 280 Å². The minimum absolute atomic E-state index is 0.0250. The van der Waals surface area contributed by atoms with Crippen molar-refractivity contribution in [1.29, 1.82) is 0 Å². The van der Waals surface area contributed by atoms with Gasteiger partial charge in [0.1, 0.15) is 5.75 Å². The third-order valence-corrected chi connectivity index (χ3v) is 8.84. The topological polar surface area (TPSA) is 120 Å². The van der Waals surface area contributed by atoms with Crippen LogP contribution in [-0.2, 0) is 35.5 Å². The molecule has 10 heteroatoms. The van der Waals surface area contributed by atoms with Crippen molar-refractivity contribution in [2.24, 2.45) is 5.92 Å². The molecule has 0 unspecified atom stereocenters. The fourth-order valence-electron chi connectivity index (χ4n) is 5.79. The van der Waals surface area contributed by atoms with Gasteiger partial charge in [-0.2, -0.15) is 0 Å². The number of amides is 2. The molecule has 0 aliphatic carbocycles. The Bertz CT molecular complexity index is 1850. The molecule has 0 bridgehead atoms. The summed E-state index contributed by atoms with van der Waals surface area (Å²) < 4.78 is 7.16. The van der Waals surface area contributed by atoms with E-state index in [1.54, 1.807) is 31.8 Å². The first-order chi connectivity index (χ1) is 23.2. The number of carbonyl (C=O) groups excluding carboxylic acids is 2. The minimum atomic E-state index is -0.430. The number of aromatic nitrogens is 2. The third kappa shape index (κ3) is 8.64. The first kappa shape index (κ1) is 33.8. The van der Waals surface area contributed by atoms with E-state index in [1.807, 2.05) is 51.9 Å². The van der Waals surface area contributed by atoms with Crippen molar-refractivity contribution in [2.75, 3.05) is 13.7 Å². The quantitative estimate of drug-likeness (QED) is 0.105. The van der Waals surface area contributed by atoms with Crippen molar-refractivity contribution in [1.82, 2.24) is 19.8 Å². The zero-order chi connectivity index (χ0) is 34.0. The first-order valence-electron chi connectivity index (χ1n) is 16.1. The van der Waals surface area contributed by atoms with Crippen LogP contribution in [0.25, 0.3) is 10.8 Å². The molecule has 0 spiro atoms. The molecular formula is C38H41N5O5. The van der Waals surface area contributed by atoms with Crippen LogP contribution in [0.5, 0.6) is 5.75 Å². The molecule has 0 aliphatic rings. The predicted molar refractivity (Wildman–Crippen MR) is 186 cm³/mol. The second-order valence-electron chi connectivity index (χ2n) is 12.1. The number of nitrogens with one attached hydrogen (secondary N) is 1. The van der Waals surface area contributed by atoms with Crippen molar-refractivity contribution < 1.29 is 19.2 Å². The number of rotatable bonds is 15. The lowest BCUT2D eigenvalue weighted by Crippen LogP contribution is -2.49. The maximum Gasteiger partial charge on any atom is 0.269 e. The lowest BCUT2D eigenvalue weighted by atomic mass is 9.97. The number of ether oxygens (including phenoxy) is 1. The Morgan fingerprint density at radius 3 is 2.38 bits per heavy atom. The molecule has 0 fully saturated rings. The van der Waals surface area contributed by atoms with Crippen molar-refractivity contribution in [3.05, 3.63) is 136 Å². The highest BCUT2D eigenvalue weighted by Gasteiger charge is 2.26. The summed E-state index contributed by atoms with van der Waals surface area (Å²) in [6.07, 6.45) is 4.45. The first-order valence-corrected chi connectivity index (χ1v) is 16.1. The molecule has 48 heavy (non-hydrogen) atoms. The molecule has 2 amide bonds. The zero-order valence-corrected chi connectivity index (χ0v) is 27.5. The molecule has 0 saturated heterocycles. The molecule has 0 aliphatic heterocycles. The van der Waals surface area contributed by atoms with Crippen LogP contribution in [0.4, 0.5) is 5.69 Å². The molecular weight excluding hydrogens is 606 g/mol. The molecule has 1 N–H and O–H groups in total. The smallest absolute Gasteiger partial charge is 0.269 e. The molecule has 1 heterocycles. The van der Waals surface area contributed by atoms with Gasteiger partial charge in [0.25, 0.3) is 5.69 Å². The number of imidazole rings is 1. The third-order valence-electron chi connectivity index (χ3n) is 8.84. The van der Waals surface area contributed by atoms with Gasteiger partial charge < -0.3 is 19.5 Å². The lowest BCUT2D eigenvalue weighted by molar-refractivity contribution is -0.384. The number of non-ortho nitro benzene ring substituents is 1. The van der Waals surface area contributed by atoms with E-state index >= 15 is 0 Å². The summed E-state index contributed by atoms with van der Waals surface area (Å²) in [5, 5.41) is 16.5. The van der Waals surface area contributed by atoms with Gasteiger partial charge in [-0.05, 0) is 45.5 Å². The van der Waals surface area contributed by atoms with Gasteiger partial charge in [-0.25, -0.2) is 4.98 Å². The van der Waals surface area contributed by atoms with E-state index in [0.29, 0.717) is 19.6 Å². The number of nitrogens with zero attached hydrogens (tertiary/aromatic N) is 4. The van der Waals surface area contributed by atoms with Crippen LogP contribution >= 0.6 is 0 Å². The summed E-state index contributed by atoms with van der Waals surface area (Å²) in [5.41, 5.74) is 3.53. The summed E-state index contributed by atoms with van der Waals surface area (Å²) in [6.45, 7) is 5.35. The number of nitro benzene ring substituents is 1. The summed E-state index contributed by atoms with van der Waals surface area (Å²) in [7, 11) is 1.61. The number of benzene rings is 4. The van der Waals surface area contributed by atoms with E-state index in [2.05, 4.69) is 48.4 Å². The monoisotopic (exact) mass is 647 g/mol. The highest BCUT2D eigenvalue weighted by atomic mass is 16.6. The number of methoxy groups -OCH3 is 1.